The molecule has 0 amide bonds. The summed E-state index contributed by atoms with van der Waals surface area (Å²) in [6.45, 7) is 7.79. The second-order valence-corrected chi connectivity index (χ2v) is 7.47. The number of hydrogen-bond acceptors (Lipinski definition) is 2. The number of benzene rings is 2. The van der Waals surface area contributed by atoms with Gasteiger partial charge in [-0.1, -0.05) is 25.1 Å². The zero-order valence-electron chi connectivity index (χ0n) is 17.6. The predicted molar refractivity (Wildman–Crippen MR) is 109 cm³/mol. The van der Waals surface area contributed by atoms with Crippen molar-refractivity contribution in [3.8, 4) is 0 Å². The van der Waals surface area contributed by atoms with E-state index in [9.17, 15) is 30.7 Å². The zero-order chi connectivity index (χ0) is 24.0. The highest BCUT2D eigenvalue weighted by atomic mass is 19.4. The molecule has 0 aliphatic carbocycles. The highest BCUT2D eigenvalue weighted by Gasteiger charge is 2.42. The minimum atomic E-state index is -5.61. The van der Waals surface area contributed by atoms with Crippen LogP contribution >= 0.6 is 0 Å². The maximum atomic E-state index is 14.1. The minimum absolute atomic E-state index is 0.127. The Morgan fingerprint density at radius 2 is 1.62 bits per heavy atom. The quantitative estimate of drug-likeness (QED) is 0.185. The number of hydrogen-bond donors (Lipinski definition) is 1. The fourth-order valence-corrected chi connectivity index (χ4v) is 3.73. The summed E-state index contributed by atoms with van der Waals surface area (Å²) < 4.78 is 96.0. The second-order valence-electron chi connectivity index (χ2n) is 7.47. The molecule has 1 heterocycles. The van der Waals surface area contributed by atoms with E-state index in [-0.39, 0.29) is 6.04 Å². The first-order valence-corrected chi connectivity index (χ1v) is 9.74. The van der Waals surface area contributed by atoms with E-state index in [0.29, 0.717) is 5.56 Å². The van der Waals surface area contributed by atoms with Gasteiger partial charge in [-0.05, 0) is 32.8 Å². The number of aromatic nitrogens is 1. The molecule has 3 aromatic rings. The fourth-order valence-electron chi connectivity index (χ4n) is 3.73. The number of alkyl halides is 3. The first kappa shape index (κ1) is 23.6. The van der Waals surface area contributed by atoms with Crippen LogP contribution in [0.4, 0.5) is 36.4 Å². The number of aryl methyl sites for hydroxylation is 1. The van der Waals surface area contributed by atoms with Crippen molar-refractivity contribution < 1.29 is 30.7 Å². The lowest BCUT2D eigenvalue weighted by Gasteiger charge is -2.16. The van der Waals surface area contributed by atoms with Crippen LogP contribution in [0.1, 0.15) is 48.7 Å². The Bertz CT molecular complexity index is 1180. The van der Waals surface area contributed by atoms with Crippen molar-refractivity contribution in [3.05, 3.63) is 63.9 Å². The number of fused-ring (bicyclic) bond motifs is 1. The topological polar surface area (TPSA) is 29.3 Å². The Labute approximate surface area is 179 Å². The Hall–Kier alpha value is -3.04. The van der Waals surface area contributed by atoms with Crippen LogP contribution in [0.2, 0.25) is 0 Å². The summed E-state index contributed by atoms with van der Waals surface area (Å²) in [4.78, 5) is 0. The molecule has 3 nitrogen and oxygen atoms in total. The molecule has 0 aliphatic heterocycles. The van der Waals surface area contributed by atoms with Crippen molar-refractivity contribution in [3.63, 3.8) is 0 Å². The summed E-state index contributed by atoms with van der Waals surface area (Å²) in [6, 6.07) is 5.71. The first-order valence-electron chi connectivity index (χ1n) is 9.74. The largest absolute Gasteiger partial charge is 0.422 e. The van der Waals surface area contributed by atoms with Crippen molar-refractivity contribution in [2.45, 2.75) is 46.3 Å². The molecular weight excluding hydrogens is 439 g/mol. The number of nitrogens with zero attached hydrogens (tertiary/aromatic N) is 2. The van der Waals surface area contributed by atoms with E-state index in [1.54, 1.807) is 0 Å². The maximum Gasteiger partial charge on any atom is 0.422 e. The van der Waals surface area contributed by atoms with Crippen molar-refractivity contribution in [1.29, 1.82) is 0 Å². The molecular formula is C22H20F7N3. The molecule has 3 rings (SSSR count). The first-order chi connectivity index (χ1) is 14.9. The minimum Gasteiger partial charge on any atom is -0.341 e. The van der Waals surface area contributed by atoms with Crippen LogP contribution in [-0.4, -0.2) is 10.8 Å². The second kappa shape index (κ2) is 8.48. The lowest BCUT2D eigenvalue weighted by atomic mass is 10.1. The van der Waals surface area contributed by atoms with Gasteiger partial charge in [0.25, 0.3) is 0 Å². The molecule has 2 aromatic carbocycles. The van der Waals surface area contributed by atoms with Gasteiger partial charge in [0.2, 0.25) is 0 Å². The SMILES string of the molecule is CC[C@@H](C)n1c(C)c(/C=N/Nc2c(F)c(F)c(C(F)(F)F)c(F)c2F)c2cccc(C)c21. The number of para-hydroxylation sites is 1. The third-order valence-electron chi connectivity index (χ3n) is 5.47. The normalized spacial score (nSPS) is 13.3. The Morgan fingerprint density at radius 1 is 1.03 bits per heavy atom. The van der Waals surface area contributed by atoms with E-state index >= 15 is 0 Å². The summed E-state index contributed by atoms with van der Waals surface area (Å²) in [6.07, 6.45) is -3.57. The maximum absolute atomic E-state index is 14.1. The molecule has 0 unspecified atom stereocenters. The van der Waals surface area contributed by atoms with E-state index in [2.05, 4.69) is 9.67 Å². The van der Waals surface area contributed by atoms with Crippen LogP contribution in [0.25, 0.3) is 10.9 Å². The predicted octanol–water partition coefficient (Wildman–Crippen LogP) is 7.25. The van der Waals surface area contributed by atoms with Gasteiger partial charge in [0, 0.05) is 22.7 Å². The Balaban J connectivity index is 2.08. The van der Waals surface area contributed by atoms with Gasteiger partial charge >= 0.3 is 6.18 Å². The molecule has 0 fully saturated rings. The third-order valence-corrected chi connectivity index (χ3v) is 5.47. The average molecular weight is 459 g/mol. The van der Waals surface area contributed by atoms with Crippen molar-refractivity contribution in [1.82, 2.24) is 4.57 Å². The van der Waals surface area contributed by atoms with Gasteiger partial charge in [0.05, 0.1) is 11.7 Å². The molecule has 1 N–H and O–H groups in total. The number of halogens is 7. The summed E-state index contributed by atoms with van der Waals surface area (Å²) in [5.41, 5.74) is 1.03. The van der Waals surface area contributed by atoms with E-state index < -0.39 is 40.7 Å². The molecule has 1 atom stereocenters. The molecule has 0 saturated carbocycles. The van der Waals surface area contributed by atoms with Gasteiger partial charge in [-0.25, -0.2) is 17.6 Å². The van der Waals surface area contributed by atoms with Crippen molar-refractivity contribution in [2.24, 2.45) is 5.10 Å². The Kier molecular flexibility index (Phi) is 6.26. The average Bonchev–Trinajstić information content (AvgIpc) is 3.00. The molecule has 0 bridgehead atoms. The number of rotatable bonds is 5. The summed E-state index contributed by atoms with van der Waals surface area (Å²) >= 11 is 0. The van der Waals surface area contributed by atoms with E-state index in [4.69, 9.17) is 0 Å². The van der Waals surface area contributed by atoms with Crippen LogP contribution in [0.15, 0.2) is 23.3 Å². The van der Waals surface area contributed by atoms with Crippen LogP contribution in [0, 0.1) is 37.1 Å². The van der Waals surface area contributed by atoms with Gasteiger partial charge < -0.3 is 4.57 Å². The van der Waals surface area contributed by atoms with Crippen molar-refractivity contribution >= 4 is 22.8 Å². The highest BCUT2D eigenvalue weighted by Crippen LogP contribution is 2.38. The molecule has 0 aliphatic rings. The molecule has 172 valence electrons. The number of nitrogens with one attached hydrogen (secondary N) is 1. The molecule has 0 radical (unpaired) electrons. The van der Waals surface area contributed by atoms with Gasteiger partial charge in [0.1, 0.15) is 11.3 Å². The van der Waals surface area contributed by atoms with E-state index in [1.165, 1.54) is 6.21 Å². The number of anilines is 1. The molecule has 0 spiro atoms. The highest BCUT2D eigenvalue weighted by molar-refractivity contribution is 6.02. The molecule has 1 aromatic heterocycles. The third kappa shape index (κ3) is 3.82. The molecule has 32 heavy (non-hydrogen) atoms. The monoisotopic (exact) mass is 459 g/mol. The summed E-state index contributed by atoms with van der Waals surface area (Å²) in [7, 11) is 0. The van der Waals surface area contributed by atoms with Gasteiger partial charge in [-0.3, -0.25) is 5.43 Å². The van der Waals surface area contributed by atoms with E-state index in [0.717, 1.165) is 28.6 Å². The van der Waals surface area contributed by atoms with Crippen LogP contribution in [-0.2, 0) is 6.18 Å². The standard InChI is InChI=1S/C22H20F7N3/c1-5-11(3)32-12(4)14(13-8-6-7-10(2)21(13)32)9-30-31-20-18(25)16(23)15(22(27,28)29)17(24)19(20)26/h6-9,11,31H,5H2,1-4H3/b30-9+/t11-/m1/s1. The van der Waals surface area contributed by atoms with Gasteiger partial charge in [-0.15, -0.1) is 0 Å². The number of hydrazone groups is 1. The lowest BCUT2D eigenvalue weighted by Crippen LogP contribution is -2.16. The smallest absolute Gasteiger partial charge is 0.341 e. The van der Waals surface area contributed by atoms with Crippen LogP contribution < -0.4 is 5.43 Å². The summed E-state index contributed by atoms with van der Waals surface area (Å²) in [5.74, 6) is -9.53. The fraction of sp³-hybridized carbons (Fsp3) is 0.318. The zero-order valence-corrected chi connectivity index (χ0v) is 17.6. The lowest BCUT2D eigenvalue weighted by molar-refractivity contribution is -0.143. The Morgan fingerprint density at radius 3 is 2.16 bits per heavy atom. The van der Waals surface area contributed by atoms with Crippen LogP contribution in [0.5, 0.6) is 0 Å². The molecule has 0 saturated heterocycles. The van der Waals surface area contributed by atoms with Crippen molar-refractivity contribution in [2.75, 3.05) is 5.43 Å². The van der Waals surface area contributed by atoms with Gasteiger partial charge in [0.15, 0.2) is 23.3 Å². The van der Waals surface area contributed by atoms with Gasteiger partial charge in [-0.2, -0.15) is 18.3 Å². The molecule has 10 heteroatoms. The summed E-state index contributed by atoms with van der Waals surface area (Å²) in [5, 5.41) is 4.45. The van der Waals surface area contributed by atoms with E-state index in [1.807, 2.05) is 51.3 Å². The van der Waals surface area contributed by atoms with Crippen LogP contribution in [0.3, 0.4) is 0 Å².